The normalized spacial score (nSPS) is 10.5. The van der Waals surface area contributed by atoms with Crippen molar-refractivity contribution < 1.29 is 0 Å². The highest BCUT2D eigenvalue weighted by Crippen LogP contribution is 2.20. The Labute approximate surface area is 128 Å². The molecule has 21 heavy (non-hydrogen) atoms. The lowest BCUT2D eigenvalue weighted by atomic mass is 10.1. The van der Waals surface area contributed by atoms with Crippen molar-refractivity contribution in [3.8, 4) is 0 Å². The first-order valence-electron chi connectivity index (χ1n) is 7.74. The van der Waals surface area contributed by atoms with Gasteiger partial charge in [0.1, 0.15) is 0 Å². The Hall–Kier alpha value is -1.96. The summed E-state index contributed by atoms with van der Waals surface area (Å²) in [6.45, 7) is 10.5. The summed E-state index contributed by atoms with van der Waals surface area (Å²) >= 11 is 0. The van der Waals surface area contributed by atoms with Gasteiger partial charge in [-0.1, -0.05) is 31.2 Å². The lowest BCUT2D eigenvalue weighted by Gasteiger charge is -2.15. The first-order chi connectivity index (χ1) is 10.1. The fourth-order valence-electron chi connectivity index (χ4n) is 2.75. The lowest BCUT2D eigenvalue weighted by molar-refractivity contribution is 1.05. The topological polar surface area (TPSA) is 24.1 Å². The van der Waals surface area contributed by atoms with Gasteiger partial charge in [0.2, 0.25) is 0 Å². The van der Waals surface area contributed by atoms with Crippen LogP contribution in [0.2, 0.25) is 0 Å². The van der Waals surface area contributed by atoms with Gasteiger partial charge in [-0.25, -0.2) is 0 Å². The molecule has 0 saturated heterocycles. The molecule has 2 nitrogen and oxygen atoms in total. The van der Waals surface area contributed by atoms with Crippen molar-refractivity contribution in [1.29, 1.82) is 0 Å². The van der Waals surface area contributed by atoms with Crippen molar-refractivity contribution in [2.24, 2.45) is 0 Å². The van der Waals surface area contributed by atoms with Crippen LogP contribution in [0.1, 0.15) is 29.2 Å². The fourth-order valence-corrected chi connectivity index (χ4v) is 2.75. The van der Waals surface area contributed by atoms with E-state index in [1.807, 2.05) is 0 Å². The van der Waals surface area contributed by atoms with Crippen molar-refractivity contribution in [3.05, 3.63) is 58.7 Å². The molecule has 112 valence electrons. The zero-order valence-corrected chi connectivity index (χ0v) is 13.6. The van der Waals surface area contributed by atoms with E-state index in [4.69, 9.17) is 0 Å². The first-order valence-corrected chi connectivity index (χ1v) is 7.74. The number of para-hydroxylation sites is 1. The largest absolute Gasteiger partial charge is 0.383 e. The van der Waals surface area contributed by atoms with Crippen LogP contribution in [-0.2, 0) is 6.42 Å². The Morgan fingerprint density at radius 3 is 2.19 bits per heavy atom. The monoisotopic (exact) mass is 282 g/mol. The molecule has 0 amide bonds. The number of benzene rings is 2. The summed E-state index contributed by atoms with van der Waals surface area (Å²) in [6, 6.07) is 13.1. The molecule has 0 radical (unpaired) electrons. The molecule has 0 spiro atoms. The molecule has 2 aromatic rings. The maximum atomic E-state index is 3.57. The van der Waals surface area contributed by atoms with E-state index in [0.29, 0.717) is 0 Å². The maximum Gasteiger partial charge on any atom is 0.0402 e. The summed E-state index contributed by atoms with van der Waals surface area (Å²) in [5, 5.41) is 7.06. The molecule has 0 fully saturated rings. The molecule has 2 aromatic carbocycles. The second-order valence-corrected chi connectivity index (χ2v) is 5.69. The molecule has 0 aromatic heterocycles. The number of aryl methyl sites for hydroxylation is 4. The van der Waals surface area contributed by atoms with E-state index >= 15 is 0 Å². The van der Waals surface area contributed by atoms with Crippen LogP contribution in [0.5, 0.6) is 0 Å². The second kappa shape index (κ2) is 7.16. The van der Waals surface area contributed by atoms with E-state index in [1.54, 1.807) is 0 Å². The van der Waals surface area contributed by atoms with Crippen molar-refractivity contribution in [3.63, 3.8) is 0 Å². The Bertz CT molecular complexity index is 582. The zero-order chi connectivity index (χ0) is 15.2. The summed E-state index contributed by atoms with van der Waals surface area (Å²) in [6.07, 6.45) is 1.06. The number of rotatable bonds is 6. The minimum absolute atomic E-state index is 0.917. The number of hydrogen-bond acceptors (Lipinski definition) is 2. The molecule has 2 rings (SSSR count). The van der Waals surface area contributed by atoms with Crippen LogP contribution in [0, 0.1) is 20.8 Å². The molecule has 0 aliphatic carbocycles. The van der Waals surface area contributed by atoms with E-state index in [0.717, 1.165) is 19.5 Å². The van der Waals surface area contributed by atoms with Crippen molar-refractivity contribution >= 4 is 11.4 Å². The highest BCUT2D eigenvalue weighted by Gasteiger charge is 2.03. The van der Waals surface area contributed by atoms with Gasteiger partial charge in [-0.3, -0.25) is 0 Å². The molecule has 2 N–H and O–H groups in total. The summed E-state index contributed by atoms with van der Waals surface area (Å²) in [4.78, 5) is 0. The van der Waals surface area contributed by atoms with E-state index in [1.165, 1.54) is 33.6 Å². The van der Waals surface area contributed by atoms with Gasteiger partial charge >= 0.3 is 0 Å². The van der Waals surface area contributed by atoms with Crippen LogP contribution in [0.15, 0.2) is 36.4 Å². The minimum Gasteiger partial charge on any atom is -0.383 e. The second-order valence-electron chi connectivity index (χ2n) is 5.69. The Balaban J connectivity index is 1.90. The van der Waals surface area contributed by atoms with Crippen LogP contribution < -0.4 is 10.6 Å². The number of hydrogen-bond donors (Lipinski definition) is 2. The predicted octanol–water partition coefficient (Wildman–Crippen LogP) is 4.70. The van der Waals surface area contributed by atoms with Gasteiger partial charge in [0.05, 0.1) is 0 Å². The highest BCUT2D eigenvalue weighted by atomic mass is 14.9. The fraction of sp³-hybridized carbons (Fsp3) is 0.368. The van der Waals surface area contributed by atoms with E-state index in [2.05, 4.69) is 74.7 Å². The van der Waals surface area contributed by atoms with Crippen LogP contribution in [0.3, 0.4) is 0 Å². The van der Waals surface area contributed by atoms with Crippen molar-refractivity contribution in [2.45, 2.75) is 34.1 Å². The van der Waals surface area contributed by atoms with Gasteiger partial charge < -0.3 is 10.6 Å². The van der Waals surface area contributed by atoms with E-state index in [-0.39, 0.29) is 0 Å². The molecular formula is C19H26N2. The molecular weight excluding hydrogens is 256 g/mol. The standard InChI is InChI=1S/C19H26N2/c1-5-17-8-6-7-16(4)19(17)21-10-9-20-18-12-14(2)11-15(3)13-18/h6-8,11-13,20-21H,5,9-10H2,1-4H3. The number of nitrogens with one attached hydrogen (secondary N) is 2. The quantitative estimate of drug-likeness (QED) is 0.751. The van der Waals surface area contributed by atoms with Crippen LogP contribution in [0.25, 0.3) is 0 Å². The number of anilines is 2. The smallest absolute Gasteiger partial charge is 0.0402 e. The third kappa shape index (κ3) is 4.25. The molecule has 0 bridgehead atoms. The highest BCUT2D eigenvalue weighted by molar-refractivity contribution is 5.57. The first kappa shape index (κ1) is 15.4. The van der Waals surface area contributed by atoms with E-state index in [9.17, 15) is 0 Å². The minimum atomic E-state index is 0.917. The van der Waals surface area contributed by atoms with Gasteiger partial charge in [0.25, 0.3) is 0 Å². The van der Waals surface area contributed by atoms with Gasteiger partial charge in [0.15, 0.2) is 0 Å². The molecule has 0 unspecified atom stereocenters. The predicted molar refractivity (Wildman–Crippen MR) is 93.5 cm³/mol. The Morgan fingerprint density at radius 1 is 0.857 bits per heavy atom. The van der Waals surface area contributed by atoms with Crippen LogP contribution in [-0.4, -0.2) is 13.1 Å². The van der Waals surface area contributed by atoms with Crippen molar-refractivity contribution in [1.82, 2.24) is 0 Å². The summed E-state index contributed by atoms with van der Waals surface area (Å²) in [7, 11) is 0. The molecule has 0 atom stereocenters. The third-order valence-corrected chi connectivity index (χ3v) is 3.72. The summed E-state index contributed by atoms with van der Waals surface area (Å²) in [5.41, 5.74) is 7.81. The molecule has 0 saturated carbocycles. The molecule has 2 heteroatoms. The average molecular weight is 282 g/mol. The van der Waals surface area contributed by atoms with Gasteiger partial charge in [-0.15, -0.1) is 0 Å². The van der Waals surface area contributed by atoms with Gasteiger partial charge in [0, 0.05) is 24.5 Å². The van der Waals surface area contributed by atoms with Crippen LogP contribution >= 0.6 is 0 Å². The Kier molecular flexibility index (Phi) is 5.26. The lowest BCUT2D eigenvalue weighted by Crippen LogP contribution is -2.15. The molecule has 0 aliphatic rings. The molecule has 0 aliphatic heterocycles. The zero-order valence-electron chi connectivity index (χ0n) is 13.6. The van der Waals surface area contributed by atoms with E-state index < -0.39 is 0 Å². The maximum absolute atomic E-state index is 3.57. The Morgan fingerprint density at radius 2 is 1.52 bits per heavy atom. The van der Waals surface area contributed by atoms with Crippen molar-refractivity contribution in [2.75, 3.05) is 23.7 Å². The summed E-state index contributed by atoms with van der Waals surface area (Å²) < 4.78 is 0. The summed E-state index contributed by atoms with van der Waals surface area (Å²) in [5.74, 6) is 0. The van der Waals surface area contributed by atoms with Gasteiger partial charge in [-0.2, -0.15) is 0 Å². The SMILES string of the molecule is CCc1cccc(C)c1NCCNc1cc(C)cc(C)c1. The molecule has 0 heterocycles. The van der Waals surface area contributed by atoms with Crippen LogP contribution in [0.4, 0.5) is 11.4 Å². The third-order valence-electron chi connectivity index (χ3n) is 3.72. The van der Waals surface area contributed by atoms with Gasteiger partial charge in [-0.05, 0) is 61.6 Å². The average Bonchev–Trinajstić information content (AvgIpc) is 2.43.